The molecule has 1 fully saturated rings. The molecule has 0 spiro atoms. The van der Waals surface area contributed by atoms with E-state index in [-0.39, 0.29) is 4.47 Å². The van der Waals surface area contributed by atoms with Gasteiger partial charge in [0.1, 0.15) is 0 Å². The van der Waals surface area contributed by atoms with Crippen LogP contribution in [-0.4, -0.2) is 16.2 Å². The predicted octanol–water partition coefficient (Wildman–Crippen LogP) is 2.80. The molecule has 1 aliphatic rings. The van der Waals surface area contributed by atoms with E-state index in [0.717, 1.165) is 6.42 Å². The Morgan fingerprint density at radius 2 is 2.06 bits per heavy atom. The fourth-order valence-electron chi connectivity index (χ4n) is 2.01. The van der Waals surface area contributed by atoms with Crippen LogP contribution in [-0.2, 0) is 10.2 Å². The Hall–Kier alpha value is -1.10. The summed E-state index contributed by atoms with van der Waals surface area (Å²) in [4.78, 5) is 11.2. The number of carboxylic acids is 1. The third-order valence-electron chi connectivity index (χ3n) is 3.18. The number of phenolic OH excluding ortho intramolecular Hbond substituents is 1. The number of carbonyl (C=O) groups is 1. The van der Waals surface area contributed by atoms with Crippen molar-refractivity contribution in [2.75, 3.05) is 0 Å². The summed E-state index contributed by atoms with van der Waals surface area (Å²) >= 11 is 2.96. The van der Waals surface area contributed by atoms with Crippen molar-refractivity contribution < 1.29 is 19.4 Å². The van der Waals surface area contributed by atoms with E-state index in [2.05, 4.69) is 15.9 Å². The predicted molar refractivity (Wildman–Crippen MR) is 58.9 cm³/mol. The second-order valence-corrected chi connectivity index (χ2v) is 4.89. The Labute approximate surface area is 100 Å². The maximum atomic E-state index is 13.2. The molecule has 0 atom stereocenters. The van der Waals surface area contributed by atoms with Crippen molar-refractivity contribution >= 4 is 21.9 Å². The van der Waals surface area contributed by atoms with Gasteiger partial charge in [0.25, 0.3) is 0 Å². The second kappa shape index (κ2) is 3.73. The van der Waals surface area contributed by atoms with Crippen LogP contribution in [0.5, 0.6) is 5.75 Å². The van der Waals surface area contributed by atoms with Gasteiger partial charge in [0.2, 0.25) is 0 Å². The molecule has 1 aromatic carbocycles. The molecule has 0 saturated heterocycles. The molecule has 2 rings (SSSR count). The number of aromatic hydroxyl groups is 1. The van der Waals surface area contributed by atoms with Crippen molar-refractivity contribution in [1.82, 2.24) is 0 Å². The van der Waals surface area contributed by atoms with Crippen LogP contribution < -0.4 is 0 Å². The van der Waals surface area contributed by atoms with Gasteiger partial charge in [-0.05, 0) is 46.5 Å². The lowest BCUT2D eigenvalue weighted by Gasteiger charge is -2.38. The third kappa shape index (κ3) is 1.50. The van der Waals surface area contributed by atoms with Crippen LogP contribution in [0.25, 0.3) is 0 Å². The molecule has 0 aromatic heterocycles. The molecule has 16 heavy (non-hydrogen) atoms. The molecule has 0 bridgehead atoms. The minimum Gasteiger partial charge on any atom is -0.505 e. The number of aliphatic carboxylic acids is 1. The molecule has 3 nitrogen and oxygen atoms in total. The van der Waals surface area contributed by atoms with E-state index in [1.165, 1.54) is 12.1 Å². The van der Waals surface area contributed by atoms with Gasteiger partial charge in [-0.2, -0.15) is 0 Å². The van der Waals surface area contributed by atoms with Crippen LogP contribution in [0.15, 0.2) is 16.6 Å². The van der Waals surface area contributed by atoms with Crippen LogP contribution in [0.2, 0.25) is 0 Å². The Morgan fingerprint density at radius 3 is 2.44 bits per heavy atom. The molecule has 86 valence electrons. The lowest BCUT2D eigenvalue weighted by atomic mass is 9.64. The zero-order valence-electron chi connectivity index (χ0n) is 8.33. The normalized spacial score (nSPS) is 17.9. The molecule has 1 aliphatic carbocycles. The highest BCUT2D eigenvalue weighted by Crippen LogP contribution is 2.46. The maximum Gasteiger partial charge on any atom is 0.314 e. The zero-order chi connectivity index (χ0) is 11.9. The van der Waals surface area contributed by atoms with E-state index >= 15 is 0 Å². The van der Waals surface area contributed by atoms with Gasteiger partial charge >= 0.3 is 5.97 Å². The van der Waals surface area contributed by atoms with Gasteiger partial charge < -0.3 is 10.2 Å². The molecule has 2 N–H and O–H groups in total. The molecule has 0 amide bonds. The van der Waals surface area contributed by atoms with E-state index in [0.29, 0.717) is 18.4 Å². The van der Waals surface area contributed by atoms with Gasteiger partial charge in [-0.1, -0.05) is 6.42 Å². The lowest BCUT2D eigenvalue weighted by Crippen LogP contribution is -2.42. The molecular weight excluding hydrogens is 279 g/mol. The standard InChI is InChI=1S/C11H10BrFO3/c12-7-4-6(5-8(14)9(7)13)11(10(15)16)2-1-3-11/h4-5,14H,1-3H2,(H,15,16). The van der Waals surface area contributed by atoms with E-state index in [9.17, 15) is 19.4 Å². The topological polar surface area (TPSA) is 57.5 Å². The number of hydrogen-bond acceptors (Lipinski definition) is 2. The summed E-state index contributed by atoms with van der Waals surface area (Å²) < 4.78 is 13.3. The van der Waals surface area contributed by atoms with Crippen LogP contribution >= 0.6 is 15.9 Å². The van der Waals surface area contributed by atoms with Crippen LogP contribution in [0.4, 0.5) is 4.39 Å². The fraction of sp³-hybridized carbons (Fsp3) is 0.364. The molecule has 0 aliphatic heterocycles. The number of benzene rings is 1. The molecule has 0 heterocycles. The number of rotatable bonds is 2. The van der Waals surface area contributed by atoms with Gasteiger partial charge in [-0.15, -0.1) is 0 Å². The lowest BCUT2D eigenvalue weighted by molar-refractivity contribution is -0.147. The Morgan fingerprint density at radius 1 is 1.44 bits per heavy atom. The number of phenols is 1. The smallest absolute Gasteiger partial charge is 0.314 e. The minimum atomic E-state index is -0.951. The number of halogens is 2. The third-order valence-corrected chi connectivity index (χ3v) is 3.76. The highest BCUT2D eigenvalue weighted by molar-refractivity contribution is 9.10. The number of hydrogen-bond donors (Lipinski definition) is 2. The van der Waals surface area contributed by atoms with Crippen LogP contribution in [0, 0.1) is 5.82 Å². The van der Waals surface area contributed by atoms with E-state index in [4.69, 9.17) is 0 Å². The maximum absolute atomic E-state index is 13.2. The first-order valence-electron chi connectivity index (χ1n) is 4.89. The second-order valence-electron chi connectivity index (χ2n) is 4.03. The van der Waals surface area contributed by atoms with Gasteiger partial charge in [0.15, 0.2) is 11.6 Å². The summed E-state index contributed by atoms with van der Waals surface area (Å²) in [6.45, 7) is 0. The van der Waals surface area contributed by atoms with Crippen LogP contribution in [0.1, 0.15) is 24.8 Å². The highest BCUT2D eigenvalue weighted by Gasteiger charge is 2.46. The summed E-state index contributed by atoms with van der Waals surface area (Å²) in [5, 5.41) is 18.5. The Kier molecular flexibility index (Phi) is 2.66. The number of carboxylic acid groups (broad SMARTS) is 1. The van der Waals surface area contributed by atoms with E-state index in [1.54, 1.807) is 0 Å². The zero-order valence-corrected chi connectivity index (χ0v) is 9.92. The fourth-order valence-corrected chi connectivity index (χ4v) is 2.46. The molecular formula is C11H10BrFO3. The monoisotopic (exact) mass is 288 g/mol. The highest BCUT2D eigenvalue weighted by atomic mass is 79.9. The van der Waals surface area contributed by atoms with Crippen molar-refractivity contribution in [3.05, 3.63) is 28.0 Å². The summed E-state index contributed by atoms with van der Waals surface area (Å²) in [5.74, 6) is -2.20. The van der Waals surface area contributed by atoms with Crippen molar-refractivity contribution in [3.63, 3.8) is 0 Å². The Bertz CT molecular complexity index is 432. The van der Waals surface area contributed by atoms with E-state index in [1.807, 2.05) is 0 Å². The summed E-state index contributed by atoms with van der Waals surface area (Å²) in [6, 6.07) is 2.63. The van der Waals surface area contributed by atoms with Gasteiger partial charge in [0, 0.05) is 0 Å². The summed E-state index contributed by atoms with van der Waals surface area (Å²) in [6.07, 6.45) is 1.89. The van der Waals surface area contributed by atoms with Gasteiger partial charge in [-0.25, -0.2) is 4.39 Å². The summed E-state index contributed by atoms with van der Waals surface area (Å²) in [7, 11) is 0. The molecule has 0 unspecified atom stereocenters. The van der Waals surface area contributed by atoms with Crippen LogP contribution in [0.3, 0.4) is 0 Å². The van der Waals surface area contributed by atoms with Gasteiger partial charge in [0.05, 0.1) is 9.89 Å². The Balaban J connectivity index is 2.52. The SMILES string of the molecule is O=C(O)C1(c2cc(O)c(F)c(Br)c2)CCC1. The molecule has 1 saturated carbocycles. The average Bonchev–Trinajstić information content (AvgIpc) is 2.11. The molecule has 0 radical (unpaired) electrons. The van der Waals surface area contributed by atoms with Gasteiger partial charge in [-0.3, -0.25) is 4.79 Å². The van der Waals surface area contributed by atoms with Crippen molar-refractivity contribution in [2.24, 2.45) is 0 Å². The quantitative estimate of drug-likeness (QED) is 0.880. The van der Waals surface area contributed by atoms with Crippen molar-refractivity contribution in [3.8, 4) is 5.75 Å². The summed E-state index contributed by atoms with van der Waals surface area (Å²) in [5.41, 5.74) is -0.495. The minimum absolute atomic E-state index is 0.0926. The van der Waals surface area contributed by atoms with Crippen molar-refractivity contribution in [1.29, 1.82) is 0 Å². The molecule has 5 heteroatoms. The van der Waals surface area contributed by atoms with Crippen molar-refractivity contribution in [2.45, 2.75) is 24.7 Å². The first-order valence-corrected chi connectivity index (χ1v) is 5.68. The average molecular weight is 289 g/mol. The first-order chi connectivity index (χ1) is 7.47. The van der Waals surface area contributed by atoms with E-state index < -0.39 is 23.0 Å². The molecule has 1 aromatic rings. The largest absolute Gasteiger partial charge is 0.505 e. The first kappa shape index (κ1) is 11.4.